The fourth-order valence-electron chi connectivity index (χ4n) is 2.96. The van der Waals surface area contributed by atoms with Crippen LogP contribution in [0.4, 0.5) is 0 Å². The highest BCUT2D eigenvalue weighted by molar-refractivity contribution is 5.80. The van der Waals surface area contributed by atoms with Gasteiger partial charge in [0.1, 0.15) is 5.75 Å². The van der Waals surface area contributed by atoms with Crippen molar-refractivity contribution >= 4 is 5.96 Å². The molecular weight excluding hydrogens is 278 g/mol. The van der Waals surface area contributed by atoms with Gasteiger partial charge in [-0.05, 0) is 30.5 Å². The second kappa shape index (κ2) is 8.03. The van der Waals surface area contributed by atoms with Crippen LogP contribution in [0.2, 0.25) is 0 Å². The second-order valence-electron chi connectivity index (χ2n) is 5.76. The molecule has 0 aliphatic carbocycles. The van der Waals surface area contributed by atoms with E-state index in [-0.39, 0.29) is 0 Å². The van der Waals surface area contributed by atoms with Crippen molar-refractivity contribution in [1.82, 2.24) is 10.2 Å². The van der Waals surface area contributed by atoms with Gasteiger partial charge in [-0.3, -0.25) is 4.99 Å². The molecule has 5 nitrogen and oxygen atoms in total. The number of guanidine groups is 1. The van der Waals surface area contributed by atoms with Crippen LogP contribution in [-0.2, 0) is 11.3 Å². The van der Waals surface area contributed by atoms with E-state index in [0.717, 1.165) is 49.9 Å². The van der Waals surface area contributed by atoms with Gasteiger partial charge in [0.25, 0.3) is 0 Å². The zero-order valence-electron chi connectivity index (χ0n) is 14.1. The predicted octanol–water partition coefficient (Wildman–Crippen LogP) is 2.05. The average Bonchev–Trinajstić information content (AvgIpc) is 2.97. The van der Waals surface area contributed by atoms with Crippen molar-refractivity contribution in [3.05, 3.63) is 29.3 Å². The van der Waals surface area contributed by atoms with E-state index < -0.39 is 0 Å². The lowest BCUT2D eigenvalue weighted by atomic mass is 10.1. The number of hydrogen-bond acceptors (Lipinski definition) is 3. The van der Waals surface area contributed by atoms with Crippen LogP contribution in [0.1, 0.15) is 17.5 Å². The van der Waals surface area contributed by atoms with Gasteiger partial charge in [-0.25, -0.2) is 0 Å². The number of nitrogens with one attached hydrogen (secondary N) is 1. The van der Waals surface area contributed by atoms with Crippen LogP contribution in [0.3, 0.4) is 0 Å². The fraction of sp³-hybridized carbons (Fsp3) is 0.588. The van der Waals surface area contributed by atoms with Gasteiger partial charge < -0.3 is 19.7 Å². The molecule has 22 heavy (non-hydrogen) atoms. The van der Waals surface area contributed by atoms with Crippen molar-refractivity contribution in [3.8, 4) is 5.75 Å². The summed E-state index contributed by atoms with van der Waals surface area (Å²) >= 11 is 0. The van der Waals surface area contributed by atoms with Crippen LogP contribution in [0.5, 0.6) is 5.75 Å². The number of rotatable bonds is 5. The Balaban J connectivity index is 1.90. The van der Waals surface area contributed by atoms with Gasteiger partial charge in [0.05, 0.1) is 13.7 Å². The third-order valence-corrected chi connectivity index (χ3v) is 4.11. The molecule has 0 amide bonds. The smallest absolute Gasteiger partial charge is 0.193 e. The summed E-state index contributed by atoms with van der Waals surface area (Å²) in [4.78, 5) is 6.71. The molecule has 1 aromatic rings. The van der Waals surface area contributed by atoms with E-state index in [4.69, 9.17) is 9.47 Å². The monoisotopic (exact) mass is 305 g/mol. The Labute approximate surface area is 133 Å². The topological polar surface area (TPSA) is 46.1 Å². The first kappa shape index (κ1) is 16.6. The Morgan fingerprint density at radius 1 is 1.41 bits per heavy atom. The van der Waals surface area contributed by atoms with Gasteiger partial charge >= 0.3 is 0 Å². The molecule has 2 rings (SSSR count). The third kappa shape index (κ3) is 4.13. The highest BCUT2D eigenvalue weighted by Gasteiger charge is 2.24. The summed E-state index contributed by atoms with van der Waals surface area (Å²) in [5.41, 5.74) is 2.38. The number of hydrogen-bond donors (Lipinski definition) is 1. The lowest BCUT2D eigenvalue weighted by Crippen LogP contribution is -2.39. The molecule has 5 heteroatoms. The third-order valence-electron chi connectivity index (χ3n) is 4.11. The summed E-state index contributed by atoms with van der Waals surface area (Å²) in [7, 11) is 5.30. The van der Waals surface area contributed by atoms with Crippen molar-refractivity contribution in [2.75, 3.05) is 41.0 Å². The normalized spacial score (nSPS) is 18.6. The lowest BCUT2D eigenvalue weighted by molar-refractivity contribution is 0.157. The number of methoxy groups -OCH3 is 2. The summed E-state index contributed by atoms with van der Waals surface area (Å²) in [6, 6.07) is 6.25. The zero-order valence-corrected chi connectivity index (χ0v) is 14.1. The maximum atomic E-state index is 5.30. The van der Waals surface area contributed by atoms with Gasteiger partial charge in [0.15, 0.2) is 5.96 Å². The minimum atomic E-state index is 0.604. The van der Waals surface area contributed by atoms with Crippen molar-refractivity contribution in [3.63, 3.8) is 0 Å². The SMILES string of the molecule is CN=C(NCc1ccc(OC)c(C)c1)N1CCC(COC)C1. The molecule has 1 heterocycles. The second-order valence-corrected chi connectivity index (χ2v) is 5.76. The molecule has 1 fully saturated rings. The highest BCUT2D eigenvalue weighted by Crippen LogP contribution is 2.19. The predicted molar refractivity (Wildman–Crippen MR) is 89.5 cm³/mol. The van der Waals surface area contributed by atoms with Crippen LogP contribution in [-0.4, -0.2) is 51.8 Å². The summed E-state index contributed by atoms with van der Waals surface area (Å²) in [6.07, 6.45) is 1.16. The first-order valence-electron chi connectivity index (χ1n) is 7.76. The summed E-state index contributed by atoms with van der Waals surface area (Å²) in [5.74, 6) is 2.49. The fourth-order valence-corrected chi connectivity index (χ4v) is 2.96. The first-order chi connectivity index (χ1) is 10.7. The van der Waals surface area contributed by atoms with E-state index in [1.54, 1.807) is 14.2 Å². The largest absolute Gasteiger partial charge is 0.496 e. The van der Waals surface area contributed by atoms with Gasteiger partial charge in [-0.15, -0.1) is 0 Å². The molecule has 1 aliphatic rings. The number of likely N-dealkylation sites (tertiary alicyclic amines) is 1. The van der Waals surface area contributed by atoms with Crippen molar-refractivity contribution in [1.29, 1.82) is 0 Å². The molecule has 1 atom stereocenters. The molecule has 1 aromatic carbocycles. The standard InChI is InChI=1S/C17H27N3O2/c1-13-9-14(5-6-16(13)22-4)10-19-17(18-2)20-8-7-15(11-20)12-21-3/h5-6,9,15H,7-8,10-12H2,1-4H3,(H,18,19). The maximum Gasteiger partial charge on any atom is 0.193 e. The van der Waals surface area contributed by atoms with Gasteiger partial charge in [-0.2, -0.15) is 0 Å². The number of aliphatic imine (C=N–C) groups is 1. The van der Waals surface area contributed by atoms with Crippen molar-refractivity contribution < 1.29 is 9.47 Å². The number of nitrogens with zero attached hydrogens (tertiary/aromatic N) is 2. The maximum absolute atomic E-state index is 5.30. The van der Waals surface area contributed by atoms with Crippen LogP contribution < -0.4 is 10.1 Å². The summed E-state index contributed by atoms with van der Waals surface area (Å²) < 4.78 is 10.6. The van der Waals surface area contributed by atoms with Gasteiger partial charge in [-0.1, -0.05) is 12.1 Å². The van der Waals surface area contributed by atoms with E-state index in [1.807, 2.05) is 13.1 Å². The Morgan fingerprint density at radius 2 is 2.23 bits per heavy atom. The number of ether oxygens (including phenoxy) is 2. The van der Waals surface area contributed by atoms with Gasteiger partial charge in [0, 0.05) is 39.7 Å². The first-order valence-corrected chi connectivity index (χ1v) is 7.76. The quantitative estimate of drug-likeness (QED) is 0.668. The number of aryl methyl sites for hydroxylation is 1. The van der Waals surface area contributed by atoms with E-state index >= 15 is 0 Å². The molecule has 1 saturated heterocycles. The van der Waals surface area contributed by atoms with Crippen LogP contribution in [0, 0.1) is 12.8 Å². The van der Waals surface area contributed by atoms with E-state index in [2.05, 4.69) is 34.3 Å². The van der Waals surface area contributed by atoms with Crippen LogP contribution >= 0.6 is 0 Å². The molecule has 1 N–H and O–H groups in total. The molecule has 1 aliphatic heterocycles. The molecule has 0 spiro atoms. The van der Waals surface area contributed by atoms with E-state index in [0.29, 0.717) is 5.92 Å². The van der Waals surface area contributed by atoms with Crippen molar-refractivity contribution in [2.24, 2.45) is 10.9 Å². The Kier molecular flexibility index (Phi) is 6.07. The molecule has 0 aromatic heterocycles. The van der Waals surface area contributed by atoms with Crippen LogP contribution in [0.25, 0.3) is 0 Å². The summed E-state index contributed by atoms with van der Waals surface area (Å²) in [6.45, 7) is 5.70. The lowest BCUT2D eigenvalue weighted by Gasteiger charge is -2.22. The van der Waals surface area contributed by atoms with Crippen LogP contribution in [0.15, 0.2) is 23.2 Å². The Hall–Kier alpha value is -1.75. The Morgan fingerprint density at radius 3 is 2.86 bits per heavy atom. The summed E-state index contributed by atoms with van der Waals surface area (Å²) in [5, 5.41) is 3.45. The molecule has 0 bridgehead atoms. The van der Waals surface area contributed by atoms with Crippen molar-refractivity contribution in [2.45, 2.75) is 19.9 Å². The van der Waals surface area contributed by atoms with E-state index in [9.17, 15) is 0 Å². The Bertz CT molecular complexity index is 517. The molecule has 122 valence electrons. The molecular formula is C17H27N3O2. The molecule has 0 radical (unpaired) electrons. The minimum Gasteiger partial charge on any atom is -0.496 e. The van der Waals surface area contributed by atoms with Gasteiger partial charge in [0.2, 0.25) is 0 Å². The highest BCUT2D eigenvalue weighted by atomic mass is 16.5. The minimum absolute atomic E-state index is 0.604. The molecule has 0 saturated carbocycles. The molecule has 1 unspecified atom stereocenters. The van der Waals surface area contributed by atoms with E-state index in [1.165, 1.54) is 5.56 Å². The number of benzene rings is 1. The average molecular weight is 305 g/mol. The zero-order chi connectivity index (χ0) is 15.9.